The predicted molar refractivity (Wildman–Crippen MR) is 277 cm³/mol. The van der Waals surface area contributed by atoms with Gasteiger partial charge >= 0.3 is 321 Å². The number of rotatable bonds is 32. The largest absolute Gasteiger partial charge is 0.412 e. The molecule has 0 heterocycles. The van der Waals surface area contributed by atoms with Crippen LogP contribution in [0.15, 0.2) is 48.5 Å². The molecule has 0 aliphatic rings. The monoisotopic (exact) mass is 1290 g/mol. The third-order valence-electron chi connectivity index (χ3n) is 9.37. The Labute approximate surface area is 442 Å². The minimum Gasteiger partial charge on any atom is -0.412 e. The van der Waals surface area contributed by atoms with Gasteiger partial charge in [-0.05, 0) is 0 Å². The van der Waals surface area contributed by atoms with E-state index < -0.39 is 23.8 Å². The van der Waals surface area contributed by atoms with Gasteiger partial charge in [-0.1, -0.05) is 0 Å². The Kier molecular flexibility index (Phi) is 66.9. The molecule has 2 aromatic carbocycles. The van der Waals surface area contributed by atoms with E-state index in [1.807, 2.05) is 33.0 Å². The summed E-state index contributed by atoms with van der Waals surface area (Å²) in [5.41, 5.74) is 1.64. The zero-order valence-electron chi connectivity index (χ0n) is 41.8. The maximum Gasteiger partial charge on any atom is 0.0558 e. The van der Waals surface area contributed by atoms with Gasteiger partial charge in [0.2, 0.25) is 0 Å². The number of nitrogens with zero attached hydrogens (tertiary/aromatic N) is 2. The van der Waals surface area contributed by atoms with Gasteiger partial charge in [-0.3, -0.25) is 9.80 Å². The molecule has 67 heavy (non-hydrogen) atoms. The number of methoxy groups -OCH3 is 2. The van der Waals surface area contributed by atoms with Crippen LogP contribution in [0.1, 0.15) is 102 Å². The summed E-state index contributed by atoms with van der Waals surface area (Å²) in [5.74, 6) is -0.903. The van der Waals surface area contributed by atoms with Crippen molar-refractivity contribution in [1.29, 1.82) is 0 Å². The van der Waals surface area contributed by atoms with E-state index >= 15 is 0 Å². The van der Waals surface area contributed by atoms with Crippen molar-refractivity contribution in [2.24, 2.45) is 0 Å². The number of benzene rings is 2. The second kappa shape index (κ2) is 59.6. The van der Waals surface area contributed by atoms with Gasteiger partial charge < -0.3 is 36.1 Å². The first kappa shape index (κ1) is 75.2. The van der Waals surface area contributed by atoms with Crippen LogP contribution in [0.3, 0.4) is 0 Å². The van der Waals surface area contributed by atoms with E-state index in [0.717, 1.165) is 22.6 Å². The molecule has 10 N–H and O–H groups in total. The molecular formula is C48H90Ge2N2O13Sn2. The van der Waals surface area contributed by atoms with Crippen molar-refractivity contribution in [3.05, 3.63) is 59.7 Å². The Morgan fingerprint density at radius 1 is 0.493 bits per heavy atom. The molecule has 15 nitrogen and oxygen atoms in total. The topological polar surface area (TPSA) is 252 Å². The molecule has 19 heteroatoms. The zero-order valence-corrected chi connectivity index (χ0v) is 51.7. The van der Waals surface area contributed by atoms with Crippen molar-refractivity contribution in [2.75, 3.05) is 93.1 Å². The number of carbonyl (C=O) groups is 2. The van der Waals surface area contributed by atoms with Crippen LogP contribution in [0.2, 0.25) is 28.3 Å². The van der Waals surface area contributed by atoms with E-state index in [4.69, 9.17) is 50.3 Å². The first-order valence-corrected chi connectivity index (χ1v) is 34.5. The van der Waals surface area contributed by atoms with Gasteiger partial charge in [0, 0.05) is 39.3 Å². The number of carboxylic acid groups (broad SMARTS) is 2. The van der Waals surface area contributed by atoms with Crippen LogP contribution in [0, 0.1) is 0 Å². The number of carboxylic acids is 2. The standard InChI is InChI=1S/2C10H11GeO3.2C6H15NO3.4C4H9.H2O.2Sn/c2*1-14-8-4-2-7(3-5-8)9(6-11)10(12)13;2*8-4-1-7(2-5-9)3-6-10;4*1-3-4-2;;;/h2*2-5,9H,6H2,1H3,(H,12,13);2*8-10H,1-6H2;4*1,3-4H2,2H3;1H2;;. The minimum absolute atomic E-state index is 0. The van der Waals surface area contributed by atoms with Gasteiger partial charge in [-0.15, -0.1) is 0 Å². The molecule has 386 valence electrons. The van der Waals surface area contributed by atoms with E-state index in [-0.39, 0.29) is 87.4 Å². The summed E-state index contributed by atoms with van der Waals surface area (Å²) in [6, 6.07) is 14.3. The average molecular weight is 1290 g/mol. The van der Waals surface area contributed by atoms with Crippen LogP contribution >= 0.6 is 0 Å². The fourth-order valence-electron chi connectivity index (χ4n) is 5.34. The zero-order chi connectivity index (χ0) is 50.6. The molecule has 2 rings (SSSR count). The summed E-state index contributed by atoms with van der Waals surface area (Å²) in [6.07, 6.45) is 11.7. The number of hydrogen-bond donors (Lipinski definition) is 8. The van der Waals surface area contributed by atoms with Gasteiger partial charge in [0.15, 0.2) is 0 Å². The minimum atomic E-state index is -0.780. The Balaban J connectivity index is -0.000000231. The van der Waals surface area contributed by atoms with Crippen LogP contribution in [-0.4, -0.2) is 237 Å². The van der Waals surface area contributed by atoms with Gasteiger partial charge in [0.1, 0.15) is 0 Å². The van der Waals surface area contributed by atoms with E-state index in [9.17, 15) is 9.59 Å². The normalized spacial score (nSPS) is 11.0. The summed E-state index contributed by atoms with van der Waals surface area (Å²) in [7, 11) is 3.17. The second-order valence-electron chi connectivity index (χ2n) is 14.7. The SMILES string of the molecule is CCC[CH2][Sn][CH2]CCC.CCC[CH2][Sn][CH2]CCC.COc1ccc(C([CH2][Ge])C(=O)O)cc1.COc1ccc(C([CH2][Ge])C(=O)O)cc1.O.OCCN(CCO)CCO.OCCN(CCO)CCO. The first-order chi connectivity index (χ1) is 31.9. The summed E-state index contributed by atoms with van der Waals surface area (Å²) >= 11 is 4.03. The van der Waals surface area contributed by atoms with Gasteiger partial charge in [0.05, 0.1) is 39.6 Å². The Bertz CT molecular complexity index is 1160. The molecule has 0 saturated carbocycles. The van der Waals surface area contributed by atoms with Crippen molar-refractivity contribution >= 4 is 87.3 Å². The molecule has 0 spiro atoms. The van der Waals surface area contributed by atoms with E-state index in [2.05, 4.69) is 27.7 Å². The maximum atomic E-state index is 10.9. The van der Waals surface area contributed by atoms with Gasteiger partial charge in [-0.25, -0.2) is 0 Å². The fourth-order valence-corrected chi connectivity index (χ4v) is 15.4. The van der Waals surface area contributed by atoms with Crippen LogP contribution in [0.5, 0.6) is 11.5 Å². The number of aliphatic hydroxyl groups is 6. The first-order valence-electron chi connectivity index (χ1n) is 23.4. The summed E-state index contributed by atoms with van der Waals surface area (Å²) in [6.45, 7) is 12.7. The molecule has 0 aliphatic heterocycles. The summed E-state index contributed by atoms with van der Waals surface area (Å²) in [5, 5.41) is 70.0. The quantitative estimate of drug-likeness (QED) is 0.0360. The molecule has 2 aromatic rings. The average Bonchev–Trinajstić information content (AvgIpc) is 3.31. The van der Waals surface area contributed by atoms with Crippen molar-refractivity contribution in [3.63, 3.8) is 0 Å². The Morgan fingerprint density at radius 2 is 0.716 bits per heavy atom. The molecule has 0 aliphatic carbocycles. The molecule has 0 bridgehead atoms. The predicted octanol–water partition coefficient (Wildman–Crippen LogP) is 4.86. The molecular weight excluding hydrogens is 1200 g/mol. The molecule has 10 radical (unpaired) electrons. The van der Waals surface area contributed by atoms with Crippen LogP contribution in [0.25, 0.3) is 0 Å². The smallest absolute Gasteiger partial charge is 0.0558 e. The van der Waals surface area contributed by atoms with Crippen molar-refractivity contribution < 1.29 is 65.4 Å². The molecule has 0 fully saturated rings. The second-order valence-corrected chi connectivity index (χ2v) is 25.0. The maximum absolute atomic E-state index is 10.9. The molecule has 2 atom stereocenters. The van der Waals surface area contributed by atoms with E-state index in [1.165, 1.54) is 51.4 Å². The summed E-state index contributed by atoms with van der Waals surface area (Å²) in [4.78, 5) is 25.3. The van der Waals surface area contributed by atoms with Gasteiger partial charge in [0.25, 0.3) is 0 Å². The third kappa shape index (κ3) is 48.7. The number of hydrogen-bond acceptors (Lipinski definition) is 12. The molecule has 0 aromatic heterocycles. The number of ether oxygens (including phenoxy) is 2. The number of aliphatic hydroxyl groups excluding tert-OH is 6. The Hall–Kier alpha value is -0.697. The van der Waals surface area contributed by atoms with Crippen molar-refractivity contribution in [2.45, 2.75) is 119 Å². The fraction of sp³-hybridized carbons (Fsp3) is 0.708. The van der Waals surface area contributed by atoms with Crippen LogP contribution in [-0.2, 0) is 9.59 Å². The van der Waals surface area contributed by atoms with Gasteiger partial charge in [-0.2, -0.15) is 0 Å². The van der Waals surface area contributed by atoms with E-state index in [0.29, 0.717) is 49.8 Å². The molecule has 0 amide bonds. The number of unbranched alkanes of at least 4 members (excludes halogenated alkanes) is 4. The third-order valence-corrected chi connectivity index (χ3v) is 19.2. The molecule has 0 saturated heterocycles. The number of aliphatic carboxylic acids is 2. The van der Waals surface area contributed by atoms with Crippen LogP contribution < -0.4 is 9.47 Å². The van der Waals surface area contributed by atoms with Crippen molar-refractivity contribution in [3.8, 4) is 11.5 Å². The van der Waals surface area contributed by atoms with Crippen LogP contribution in [0.4, 0.5) is 0 Å². The Morgan fingerprint density at radius 3 is 0.866 bits per heavy atom. The summed E-state index contributed by atoms with van der Waals surface area (Å²) < 4.78 is 16.5. The molecule has 2 unspecified atom stereocenters. The van der Waals surface area contributed by atoms with Crippen molar-refractivity contribution in [1.82, 2.24) is 9.80 Å². The van der Waals surface area contributed by atoms with E-state index in [1.54, 1.807) is 90.3 Å².